The molecule has 0 aliphatic carbocycles. The van der Waals surface area contributed by atoms with Gasteiger partial charge in [0.05, 0.1) is 25.6 Å². The number of thiocarbonyl (C=S) groups is 1. The fourth-order valence-corrected chi connectivity index (χ4v) is 2.72. The number of methoxy groups -OCH3 is 1. The van der Waals surface area contributed by atoms with Crippen molar-refractivity contribution in [2.45, 2.75) is 33.4 Å². The van der Waals surface area contributed by atoms with E-state index in [1.54, 1.807) is 19.6 Å². The summed E-state index contributed by atoms with van der Waals surface area (Å²) in [5, 5.41) is 7.78. The number of hydrazone groups is 1. The molecule has 0 amide bonds. The van der Waals surface area contributed by atoms with Gasteiger partial charge in [-0.25, -0.2) is 0 Å². The van der Waals surface area contributed by atoms with Crippen LogP contribution in [0.5, 0.6) is 0 Å². The second kappa shape index (κ2) is 8.65. The Balaban J connectivity index is 1.96. The SMILES string of the molecule is COC[C@H](C)NC(=S)N/N=C\c1cc(C)n(Cc2ccco2)c1C. The summed E-state index contributed by atoms with van der Waals surface area (Å²) in [6.07, 6.45) is 3.46. The van der Waals surface area contributed by atoms with Crippen molar-refractivity contribution >= 4 is 23.5 Å². The van der Waals surface area contributed by atoms with Crippen molar-refractivity contribution in [3.05, 3.63) is 47.2 Å². The van der Waals surface area contributed by atoms with Crippen LogP contribution in [0.15, 0.2) is 34.0 Å². The molecule has 6 nitrogen and oxygen atoms in total. The Morgan fingerprint density at radius 2 is 2.29 bits per heavy atom. The first-order chi connectivity index (χ1) is 11.5. The van der Waals surface area contributed by atoms with Crippen LogP contribution in [0.1, 0.15) is 29.6 Å². The van der Waals surface area contributed by atoms with Gasteiger partial charge in [-0.3, -0.25) is 5.43 Å². The molecule has 0 unspecified atom stereocenters. The van der Waals surface area contributed by atoms with Crippen LogP contribution < -0.4 is 10.7 Å². The van der Waals surface area contributed by atoms with Crippen LogP contribution in [0.25, 0.3) is 0 Å². The van der Waals surface area contributed by atoms with Crippen molar-refractivity contribution in [1.29, 1.82) is 0 Å². The molecule has 2 N–H and O–H groups in total. The largest absolute Gasteiger partial charge is 0.467 e. The van der Waals surface area contributed by atoms with Gasteiger partial charge in [0, 0.05) is 30.1 Å². The van der Waals surface area contributed by atoms with E-state index >= 15 is 0 Å². The Kier molecular flexibility index (Phi) is 6.57. The zero-order valence-corrected chi connectivity index (χ0v) is 15.3. The van der Waals surface area contributed by atoms with Gasteiger partial charge in [-0.1, -0.05) is 0 Å². The minimum Gasteiger partial charge on any atom is -0.467 e. The first-order valence-corrected chi connectivity index (χ1v) is 8.19. The van der Waals surface area contributed by atoms with Gasteiger partial charge in [0.15, 0.2) is 5.11 Å². The van der Waals surface area contributed by atoms with Crippen molar-refractivity contribution in [1.82, 2.24) is 15.3 Å². The third-order valence-corrected chi connectivity index (χ3v) is 3.88. The van der Waals surface area contributed by atoms with E-state index in [-0.39, 0.29) is 6.04 Å². The average Bonchev–Trinajstić information content (AvgIpc) is 3.12. The van der Waals surface area contributed by atoms with Crippen LogP contribution in [-0.2, 0) is 11.3 Å². The number of aromatic nitrogens is 1. The van der Waals surface area contributed by atoms with Crippen LogP contribution in [0.2, 0.25) is 0 Å². The summed E-state index contributed by atoms with van der Waals surface area (Å²) < 4.78 is 12.7. The lowest BCUT2D eigenvalue weighted by Gasteiger charge is -2.13. The maximum absolute atomic E-state index is 5.42. The minimum absolute atomic E-state index is 0.128. The van der Waals surface area contributed by atoms with Crippen LogP contribution in [0, 0.1) is 13.8 Å². The van der Waals surface area contributed by atoms with E-state index in [1.165, 1.54) is 0 Å². The van der Waals surface area contributed by atoms with E-state index in [2.05, 4.69) is 40.3 Å². The molecule has 0 spiro atoms. The molecule has 0 saturated carbocycles. The van der Waals surface area contributed by atoms with Crippen LogP contribution >= 0.6 is 12.2 Å². The minimum atomic E-state index is 0.128. The summed E-state index contributed by atoms with van der Waals surface area (Å²) in [4.78, 5) is 0. The van der Waals surface area contributed by atoms with Crippen molar-refractivity contribution in [3.8, 4) is 0 Å². The summed E-state index contributed by atoms with van der Waals surface area (Å²) in [6, 6.07) is 6.09. The summed E-state index contributed by atoms with van der Waals surface area (Å²) >= 11 is 5.19. The fourth-order valence-electron chi connectivity index (χ4n) is 2.47. The second-order valence-electron chi connectivity index (χ2n) is 5.69. The first kappa shape index (κ1) is 18.2. The van der Waals surface area contributed by atoms with Crippen molar-refractivity contribution in [3.63, 3.8) is 0 Å². The number of hydrogen-bond acceptors (Lipinski definition) is 4. The lowest BCUT2D eigenvalue weighted by atomic mass is 10.3. The molecule has 0 radical (unpaired) electrons. The van der Waals surface area contributed by atoms with Gasteiger partial charge >= 0.3 is 0 Å². The maximum Gasteiger partial charge on any atom is 0.187 e. The van der Waals surface area contributed by atoms with Gasteiger partial charge in [0.1, 0.15) is 5.76 Å². The lowest BCUT2D eigenvalue weighted by molar-refractivity contribution is 0.179. The molecule has 2 aromatic heterocycles. The molecule has 2 heterocycles. The predicted octanol–water partition coefficient (Wildman–Crippen LogP) is 2.58. The quantitative estimate of drug-likeness (QED) is 0.457. The predicted molar refractivity (Wildman–Crippen MR) is 99.5 cm³/mol. The molecule has 7 heteroatoms. The van der Waals surface area contributed by atoms with Gasteiger partial charge in [-0.05, 0) is 51.2 Å². The number of aryl methyl sites for hydroxylation is 1. The molecule has 0 fully saturated rings. The van der Waals surface area contributed by atoms with E-state index in [0.29, 0.717) is 18.3 Å². The summed E-state index contributed by atoms with van der Waals surface area (Å²) in [5.41, 5.74) is 6.15. The molecule has 2 aromatic rings. The normalized spacial score (nSPS) is 12.5. The third kappa shape index (κ3) is 4.94. The molecule has 1 atom stereocenters. The maximum atomic E-state index is 5.42. The number of rotatable bonds is 7. The molecule has 0 aliphatic rings. The summed E-state index contributed by atoms with van der Waals surface area (Å²) in [5.74, 6) is 0.927. The summed E-state index contributed by atoms with van der Waals surface area (Å²) in [6.45, 7) is 7.41. The monoisotopic (exact) mass is 348 g/mol. The summed E-state index contributed by atoms with van der Waals surface area (Å²) in [7, 11) is 1.66. The van der Waals surface area contributed by atoms with Gasteiger partial charge < -0.3 is 19.0 Å². The van der Waals surface area contributed by atoms with Gasteiger partial charge in [-0.2, -0.15) is 5.10 Å². The lowest BCUT2D eigenvalue weighted by Crippen LogP contribution is -2.40. The topological polar surface area (TPSA) is 63.7 Å². The fraction of sp³-hybridized carbons (Fsp3) is 0.412. The molecule has 2 rings (SSSR count). The number of hydrogen-bond donors (Lipinski definition) is 2. The van der Waals surface area contributed by atoms with E-state index in [4.69, 9.17) is 21.4 Å². The molecular weight excluding hydrogens is 324 g/mol. The highest BCUT2D eigenvalue weighted by molar-refractivity contribution is 7.80. The molecule has 0 aromatic carbocycles. The zero-order chi connectivity index (χ0) is 17.5. The van der Waals surface area contributed by atoms with Gasteiger partial charge in [0.25, 0.3) is 0 Å². The Labute approximate surface area is 147 Å². The van der Waals surface area contributed by atoms with Crippen molar-refractivity contribution < 1.29 is 9.15 Å². The van der Waals surface area contributed by atoms with E-state index in [1.807, 2.05) is 19.1 Å². The second-order valence-corrected chi connectivity index (χ2v) is 6.10. The van der Waals surface area contributed by atoms with Crippen LogP contribution in [-0.4, -0.2) is 35.7 Å². The highest BCUT2D eigenvalue weighted by Gasteiger charge is 2.09. The molecule has 24 heavy (non-hydrogen) atoms. The smallest absolute Gasteiger partial charge is 0.187 e. The average molecular weight is 348 g/mol. The number of ether oxygens (including phenoxy) is 1. The molecule has 130 valence electrons. The number of nitrogens with one attached hydrogen (secondary N) is 2. The first-order valence-electron chi connectivity index (χ1n) is 7.79. The highest BCUT2D eigenvalue weighted by atomic mass is 32.1. The Morgan fingerprint density at radius 3 is 2.96 bits per heavy atom. The zero-order valence-electron chi connectivity index (χ0n) is 14.5. The Bertz CT molecular complexity index is 692. The Morgan fingerprint density at radius 1 is 1.50 bits per heavy atom. The van der Waals surface area contributed by atoms with E-state index in [0.717, 1.165) is 22.7 Å². The van der Waals surface area contributed by atoms with Gasteiger partial charge in [-0.15, -0.1) is 0 Å². The molecule has 0 saturated heterocycles. The highest BCUT2D eigenvalue weighted by Crippen LogP contribution is 2.15. The van der Waals surface area contributed by atoms with Crippen molar-refractivity contribution in [2.75, 3.05) is 13.7 Å². The molecule has 0 aliphatic heterocycles. The molecule has 0 bridgehead atoms. The number of nitrogens with zero attached hydrogens (tertiary/aromatic N) is 2. The van der Waals surface area contributed by atoms with Gasteiger partial charge in [0.2, 0.25) is 0 Å². The van der Waals surface area contributed by atoms with E-state index in [9.17, 15) is 0 Å². The molecular formula is C17H24N4O2S. The van der Waals surface area contributed by atoms with Crippen LogP contribution in [0.4, 0.5) is 0 Å². The van der Waals surface area contributed by atoms with Crippen molar-refractivity contribution in [2.24, 2.45) is 5.10 Å². The van der Waals surface area contributed by atoms with Crippen LogP contribution in [0.3, 0.4) is 0 Å². The third-order valence-electron chi connectivity index (χ3n) is 3.67. The van der Waals surface area contributed by atoms with E-state index < -0.39 is 0 Å². The standard InChI is InChI=1S/C17H24N4O2S/c1-12(11-22-4)19-17(24)20-18-9-15-8-13(2)21(14(15)3)10-16-6-5-7-23-16/h5-9,12H,10-11H2,1-4H3,(H2,19,20,24)/b18-9-/t12-/m0/s1. The number of furan rings is 1. The Hall–Kier alpha value is -2.12.